The lowest BCUT2D eigenvalue weighted by Gasteiger charge is -2.26. The number of aromatic nitrogens is 1. The molecule has 6 nitrogen and oxygen atoms in total. The van der Waals surface area contributed by atoms with Gasteiger partial charge in [-0.3, -0.25) is 9.79 Å². The minimum Gasteiger partial charge on any atom is -0.361 e. The van der Waals surface area contributed by atoms with Crippen LogP contribution in [0.1, 0.15) is 56.6 Å². The van der Waals surface area contributed by atoms with Gasteiger partial charge in [0.2, 0.25) is 5.91 Å². The minimum absolute atomic E-state index is 0. The molecule has 2 aliphatic rings. The summed E-state index contributed by atoms with van der Waals surface area (Å²) in [5, 5.41) is 8.22. The van der Waals surface area contributed by atoms with Crippen molar-refractivity contribution in [2.24, 2.45) is 10.9 Å². The van der Waals surface area contributed by atoms with Gasteiger partial charge in [0.25, 0.3) is 0 Å². The van der Waals surface area contributed by atoms with Crippen LogP contribution < -0.4 is 10.6 Å². The number of nitrogens with one attached hydrogen (secondary N) is 3. The van der Waals surface area contributed by atoms with Gasteiger partial charge in [0.1, 0.15) is 0 Å². The highest BCUT2D eigenvalue weighted by Gasteiger charge is 2.31. The maximum Gasteiger partial charge on any atom is 0.225 e. The van der Waals surface area contributed by atoms with Gasteiger partial charge >= 0.3 is 0 Å². The number of rotatable bonds is 6. The number of carbonyl (C=O) groups is 1. The molecular weight excluding hydrogens is 513 g/mol. The van der Waals surface area contributed by atoms with Gasteiger partial charge in [-0.25, -0.2) is 0 Å². The van der Waals surface area contributed by atoms with Gasteiger partial charge in [0.05, 0.1) is 0 Å². The van der Waals surface area contributed by atoms with E-state index >= 15 is 0 Å². The van der Waals surface area contributed by atoms with Gasteiger partial charge in [-0.1, -0.05) is 31.4 Å². The van der Waals surface area contributed by atoms with E-state index < -0.39 is 0 Å². The first kappa shape index (κ1) is 24.9. The topological polar surface area (TPSA) is 72.5 Å². The van der Waals surface area contributed by atoms with Crippen LogP contribution in [-0.4, -0.2) is 54.0 Å². The van der Waals surface area contributed by atoms with E-state index in [4.69, 9.17) is 4.99 Å². The lowest BCUT2D eigenvalue weighted by molar-refractivity contribution is -0.135. The van der Waals surface area contributed by atoms with Crippen molar-refractivity contribution < 1.29 is 4.79 Å². The molecule has 176 valence electrons. The molecular formula is C25H38IN5O. The molecule has 7 heteroatoms. The molecule has 2 aromatic rings. The Morgan fingerprint density at radius 1 is 1.22 bits per heavy atom. The van der Waals surface area contributed by atoms with Crippen LogP contribution in [0, 0.1) is 12.8 Å². The second-order valence-electron chi connectivity index (χ2n) is 9.12. The number of benzene rings is 1. The molecule has 1 aliphatic heterocycles. The largest absolute Gasteiger partial charge is 0.361 e. The number of nitrogens with zero attached hydrogens (tertiary/aromatic N) is 2. The van der Waals surface area contributed by atoms with E-state index in [1.807, 2.05) is 0 Å². The number of H-pyrrole nitrogens is 1. The number of hydrogen-bond acceptors (Lipinski definition) is 2. The first-order valence-electron chi connectivity index (χ1n) is 12.0. The fourth-order valence-electron chi connectivity index (χ4n) is 4.99. The van der Waals surface area contributed by atoms with Crippen LogP contribution in [0.2, 0.25) is 0 Å². The molecule has 2 heterocycles. The number of aliphatic imine (C=N–C) groups is 1. The normalized spacial score (nSPS) is 19.8. The average molecular weight is 552 g/mol. The Hall–Kier alpha value is -1.77. The Labute approximate surface area is 209 Å². The number of fused-ring (bicyclic) bond motifs is 1. The Balaban J connectivity index is 0.00000289. The molecule has 0 bridgehead atoms. The Morgan fingerprint density at radius 2 is 2.03 bits per heavy atom. The number of amides is 1. The number of halogens is 1. The standard InChI is InChI=1S/C25H37N5O.HI/c1-3-26-25(27-13-11-20-16-28-23-15-18(2)9-10-22(20)23)29-21-12-14-30(17-21)24(31)19-7-5-4-6-8-19;/h9-10,15-16,19,21,28H,3-8,11-14,17H2,1-2H3,(H2,26,27,29);1H. The summed E-state index contributed by atoms with van der Waals surface area (Å²) in [6, 6.07) is 6.82. The zero-order chi connectivity index (χ0) is 21.6. The van der Waals surface area contributed by atoms with Crippen LogP contribution in [0.15, 0.2) is 29.4 Å². The van der Waals surface area contributed by atoms with Crippen LogP contribution in [0.3, 0.4) is 0 Å². The molecule has 2 fully saturated rings. The molecule has 32 heavy (non-hydrogen) atoms. The molecule has 1 amide bonds. The van der Waals surface area contributed by atoms with Gasteiger partial charge in [0, 0.05) is 55.2 Å². The second-order valence-corrected chi connectivity index (χ2v) is 9.12. The van der Waals surface area contributed by atoms with Crippen molar-refractivity contribution in [2.75, 3.05) is 26.2 Å². The number of carbonyl (C=O) groups excluding carboxylic acids is 1. The summed E-state index contributed by atoms with van der Waals surface area (Å²) in [4.78, 5) is 23.1. The monoisotopic (exact) mass is 551 g/mol. The quantitative estimate of drug-likeness (QED) is 0.284. The highest BCUT2D eigenvalue weighted by atomic mass is 127. The second kappa shape index (κ2) is 11.9. The molecule has 1 aromatic heterocycles. The Kier molecular flexibility index (Phi) is 9.25. The third-order valence-electron chi connectivity index (χ3n) is 6.71. The summed E-state index contributed by atoms with van der Waals surface area (Å²) < 4.78 is 0. The van der Waals surface area contributed by atoms with Gasteiger partial charge < -0.3 is 20.5 Å². The molecule has 1 saturated heterocycles. The molecule has 1 unspecified atom stereocenters. The first-order valence-corrected chi connectivity index (χ1v) is 12.0. The SMILES string of the molecule is CCNC(=NCCc1c[nH]c2cc(C)ccc12)NC1CCN(C(=O)C2CCCCC2)C1.I. The smallest absolute Gasteiger partial charge is 0.225 e. The minimum atomic E-state index is 0. The molecule has 3 N–H and O–H groups in total. The number of hydrogen-bond donors (Lipinski definition) is 3. The maximum absolute atomic E-state index is 12.8. The summed E-state index contributed by atoms with van der Waals surface area (Å²) >= 11 is 0. The van der Waals surface area contributed by atoms with Crippen molar-refractivity contribution >= 4 is 46.7 Å². The first-order chi connectivity index (χ1) is 15.1. The summed E-state index contributed by atoms with van der Waals surface area (Å²) in [6.45, 7) is 7.42. The zero-order valence-corrected chi connectivity index (χ0v) is 21.8. The average Bonchev–Trinajstić information content (AvgIpc) is 3.41. The fraction of sp³-hybridized carbons (Fsp3) is 0.600. The molecule has 1 saturated carbocycles. The van der Waals surface area contributed by atoms with Crippen LogP contribution in [0.25, 0.3) is 10.9 Å². The summed E-state index contributed by atoms with van der Waals surface area (Å²) in [6.07, 6.45) is 9.84. The van der Waals surface area contributed by atoms with Crippen LogP contribution in [0.5, 0.6) is 0 Å². The van der Waals surface area contributed by atoms with Crippen LogP contribution in [0.4, 0.5) is 0 Å². The van der Waals surface area contributed by atoms with Crippen LogP contribution in [-0.2, 0) is 11.2 Å². The van der Waals surface area contributed by atoms with E-state index in [0.29, 0.717) is 5.91 Å². The van der Waals surface area contributed by atoms with E-state index in [9.17, 15) is 4.79 Å². The fourth-order valence-corrected chi connectivity index (χ4v) is 4.99. The van der Waals surface area contributed by atoms with Crippen molar-refractivity contribution in [3.05, 3.63) is 35.5 Å². The molecule has 1 aromatic carbocycles. The van der Waals surface area contributed by atoms with Gasteiger partial charge in [-0.15, -0.1) is 24.0 Å². The van der Waals surface area contributed by atoms with E-state index in [2.05, 4.69) is 58.8 Å². The van der Waals surface area contributed by atoms with Gasteiger partial charge in [-0.05, 0) is 56.7 Å². The van der Waals surface area contributed by atoms with Crippen molar-refractivity contribution in [1.29, 1.82) is 0 Å². The third-order valence-corrected chi connectivity index (χ3v) is 6.71. The lowest BCUT2D eigenvalue weighted by atomic mass is 9.88. The summed E-state index contributed by atoms with van der Waals surface area (Å²) in [7, 11) is 0. The Morgan fingerprint density at radius 3 is 2.81 bits per heavy atom. The van der Waals surface area contributed by atoms with E-state index in [1.54, 1.807) is 0 Å². The Bertz CT molecular complexity index is 918. The van der Waals surface area contributed by atoms with Crippen LogP contribution >= 0.6 is 24.0 Å². The molecule has 0 radical (unpaired) electrons. The predicted octanol–water partition coefficient (Wildman–Crippen LogP) is 4.37. The number of guanidine groups is 1. The van der Waals surface area contributed by atoms with E-state index in [0.717, 1.165) is 57.8 Å². The highest BCUT2D eigenvalue weighted by molar-refractivity contribution is 14.0. The molecule has 4 rings (SSSR count). The number of aryl methyl sites for hydroxylation is 1. The van der Waals surface area contributed by atoms with Gasteiger partial charge in [-0.2, -0.15) is 0 Å². The summed E-state index contributed by atoms with van der Waals surface area (Å²) in [5.74, 6) is 1.49. The van der Waals surface area contributed by atoms with Gasteiger partial charge in [0.15, 0.2) is 5.96 Å². The molecule has 0 spiro atoms. The maximum atomic E-state index is 12.8. The highest BCUT2D eigenvalue weighted by Crippen LogP contribution is 2.27. The zero-order valence-electron chi connectivity index (χ0n) is 19.5. The number of aromatic amines is 1. The molecule has 1 aliphatic carbocycles. The van der Waals surface area contributed by atoms with E-state index in [1.165, 1.54) is 41.3 Å². The number of likely N-dealkylation sites (tertiary alicyclic amines) is 1. The van der Waals surface area contributed by atoms with Crippen molar-refractivity contribution in [2.45, 2.75) is 64.8 Å². The van der Waals surface area contributed by atoms with E-state index in [-0.39, 0.29) is 35.9 Å². The van der Waals surface area contributed by atoms with Crippen molar-refractivity contribution in [3.63, 3.8) is 0 Å². The van der Waals surface area contributed by atoms with Crippen molar-refractivity contribution in [1.82, 2.24) is 20.5 Å². The predicted molar refractivity (Wildman–Crippen MR) is 143 cm³/mol. The summed E-state index contributed by atoms with van der Waals surface area (Å²) in [5.41, 5.74) is 3.77. The molecule has 1 atom stereocenters. The lowest BCUT2D eigenvalue weighted by Crippen LogP contribution is -2.45. The third kappa shape index (κ3) is 6.17. The van der Waals surface area contributed by atoms with Crippen molar-refractivity contribution in [3.8, 4) is 0 Å².